The summed E-state index contributed by atoms with van der Waals surface area (Å²) in [5.41, 5.74) is 0. The Labute approximate surface area is 153 Å². The molecule has 0 aromatic heterocycles. The Morgan fingerprint density at radius 3 is 0.938 bits per heavy atom. The molecule has 0 aliphatic heterocycles. The van der Waals surface area contributed by atoms with Crippen molar-refractivity contribution in [3.05, 3.63) is 0 Å². The molecule has 0 aromatic carbocycles. The van der Waals surface area contributed by atoms with Crippen LogP contribution in [0.4, 0.5) is 11.5 Å². The Kier molecular flexibility index (Phi) is 19.0. The fourth-order valence-electron chi connectivity index (χ4n) is 0.122. The Morgan fingerprint density at radius 1 is 0.812 bits per heavy atom. The first-order valence-electron chi connectivity index (χ1n) is 2.22. The number of halogens is 4. The molecule has 0 rings (SSSR count). The molecule has 0 saturated heterocycles. The second kappa shape index (κ2) is 11.0. The molecule has 0 bridgehead atoms. The van der Waals surface area contributed by atoms with Gasteiger partial charge in [-0.3, -0.25) is 0 Å². The van der Waals surface area contributed by atoms with Crippen LogP contribution in [-0.4, -0.2) is 96.1 Å². The minimum absolute atomic E-state index is 0. The molecule has 0 N–H and O–H groups in total. The number of phosphoric acid groups is 2. The zero-order valence-electron chi connectivity index (χ0n) is 7.18. The molecule has 0 saturated carbocycles. The molecule has 0 aliphatic rings. The maximum atomic E-state index is 9.90. The second-order valence-electron chi connectivity index (χ2n) is 1.40. The van der Waals surface area contributed by atoms with E-state index in [2.05, 4.69) is 4.31 Å². The number of hydrogen-bond donors (Lipinski definition) is 0. The second-order valence-corrected chi connectivity index (χ2v) is 6.29. The third-order valence-electron chi connectivity index (χ3n) is 0.200. The van der Waals surface area contributed by atoms with E-state index in [9.17, 15) is 40.2 Å². The maximum absolute atomic E-state index is 9.90. The van der Waals surface area contributed by atoms with E-state index in [1.807, 2.05) is 0 Å². The summed E-state index contributed by atoms with van der Waals surface area (Å²) in [4.78, 5) is 37.3. The van der Waals surface area contributed by atoms with Crippen molar-refractivity contribution in [1.82, 2.24) is 0 Å². The third kappa shape index (κ3) is 53.1. The first-order valence-corrected chi connectivity index (χ1v) is 9.45. The molecule has 16 heteroatoms. The quantitative estimate of drug-likeness (QED) is 0.253. The van der Waals surface area contributed by atoms with E-state index in [4.69, 9.17) is 0 Å². The zero-order valence-corrected chi connectivity index (χ0v) is 16.2. The van der Waals surface area contributed by atoms with Crippen LogP contribution in [0.15, 0.2) is 0 Å². The van der Waals surface area contributed by atoms with Crippen molar-refractivity contribution < 1.29 is 44.5 Å². The van der Waals surface area contributed by atoms with Gasteiger partial charge in [0, 0.05) is 0 Å². The molecule has 0 heterocycles. The van der Waals surface area contributed by atoms with E-state index < -0.39 is 36.3 Å². The summed E-state index contributed by atoms with van der Waals surface area (Å²) in [7, 11) is -11.4. The van der Waals surface area contributed by atoms with Gasteiger partial charge in [-0.2, -0.15) is 0 Å². The summed E-state index contributed by atoms with van der Waals surface area (Å²) in [6, 6.07) is 0. The molecule has 16 heavy (non-hydrogen) atoms. The van der Waals surface area contributed by atoms with Crippen LogP contribution in [0.5, 0.6) is 0 Å². The first-order chi connectivity index (χ1) is 5.71. The molecule has 0 atom stereocenters. The van der Waals surface area contributed by atoms with Crippen molar-refractivity contribution in [2.45, 2.75) is 0 Å². The van der Waals surface area contributed by atoms with Gasteiger partial charge in [0.2, 0.25) is 0 Å². The average Bonchev–Trinajstić information content (AvgIpc) is 1.42. The summed E-state index contributed by atoms with van der Waals surface area (Å²) in [6.07, 6.45) is 0. The van der Waals surface area contributed by atoms with Crippen LogP contribution in [0.3, 0.4) is 0 Å². The fraction of sp³-hybridized carbons (Fsp3) is 0. The van der Waals surface area contributed by atoms with Crippen LogP contribution in [0, 0.1) is 0 Å². The van der Waals surface area contributed by atoms with E-state index in [-0.39, 0.29) is 75.5 Å². The summed E-state index contributed by atoms with van der Waals surface area (Å²) >= 11 is -7.18. The SMILES string of the molecule is O=P([O-])([O-])OP(=O)([O-])[O-].[Ca+2].[Ca+2].[F][Sn]([F])([F])[F]. The van der Waals surface area contributed by atoms with Crippen LogP contribution in [-0.2, 0) is 13.4 Å². The van der Waals surface area contributed by atoms with Gasteiger partial charge in [0.15, 0.2) is 0 Å². The third-order valence-corrected chi connectivity index (χ3v) is 1.80. The van der Waals surface area contributed by atoms with E-state index in [0.29, 0.717) is 0 Å². The molecule has 0 spiro atoms. The Morgan fingerprint density at radius 2 is 0.938 bits per heavy atom. The summed E-state index contributed by atoms with van der Waals surface area (Å²) in [5, 5.41) is 0. The molecule has 0 amide bonds. The number of rotatable bonds is 2. The predicted octanol–water partition coefficient (Wildman–Crippen LogP) is -2.80. The summed E-state index contributed by atoms with van der Waals surface area (Å²) < 4.78 is 60.8. The normalized spacial score (nSPS) is 11.5. The molecular weight excluding hydrogens is 449 g/mol. The molecule has 7 nitrogen and oxygen atoms in total. The molecule has 0 aromatic rings. The van der Waals surface area contributed by atoms with E-state index in [0.717, 1.165) is 0 Å². The van der Waals surface area contributed by atoms with Gasteiger partial charge in [0.05, 0.1) is 15.6 Å². The van der Waals surface area contributed by atoms with Crippen LogP contribution in [0.1, 0.15) is 0 Å². The standard InChI is InChI=1S/2Ca.4FH.H4O7P2.Sn/c;;;;;;1-8(2,3)7-9(4,5)6;/h;;4*1H;(H2,1,2,3)(H2,4,5,6);/q2*+2;;;;;;+4/p-8. The van der Waals surface area contributed by atoms with E-state index in [1.54, 1.807) is 0 Å². The monoisotopic (exact) mass is 450 g/mol. The van der Waals surface area contributed by atoms with Gasteiger partial charge in [-0.05, 0) is 0 Å². The molecule has 0 radical (unpaired) electrons. The summed E-state index contributed by atoms with van der Waals surface area (Å²) in [5.74, 6) is 0. The average molecular weight is 449 g/mol. The van der Waals surface area contributed by atoms with Crippen LogP contribution < -0.4 is 19.6 Å². The molecule has 0 aliphatic carbocycles. The first kappa shape index (κ1) is 27.6. The van der Waals surface area contributed by atoms with E-state index in [1.165, 1.54) is 0 Å². The molecular formula is Ca2F4O7P2Sn. The minimum atomic E-state index is -7.18. The Hall–Kier alpha value is 3.30. The number of hydrogen-bond acceptors (Lipinski definition) is 7. The molecule has 0 fully saturated rings. The van der Waals surface area contributed by atoms with E-state index >= 15 is 0 Å². The van der Waals surface area contributed by atoms with Crippen molar-refractivity contribution in [2.24, 2.45) is 0 Å². The van der Waals surface area contributed by atoms with Crippen molar-refractivity contribution >= 4 is 112 Å². The van der Waals surface area contributed by atoms with Crippen LogP contribution in [0.25, 0.3) is 0 Å². The van der Waals surface area contributed by atoms with Crippen LogP contribution in [0.2, 0.25) is 0 Å². The Balaban J connectivity index is -0.0000000904. The fourth-order valence-corrected chi connectivity index (χ4v) is 1.10. The van der Waals surface area contributed by atoms with Crippen molar-refractivity contribution in [2.75, 3.05) is 0 Å². The van der Waals surface area contributed by atoms with Gasteiger partial charge in [-0.1, -0.05) is 0 Å². The van der Waals surface area contributed by atoms with Crippen molar-refractivity contribution in [3.8, 4) is 0 Å². The zero-order chi connectivity index (χ0) is 12.2. The van der Waals surface area contributed by atoms with Gasteiger partial charge in [-0.25, -0.2) is 0 Å². The van der Waals surface area contributed by atoms with Crippen LogP contribution >= 0.6 is 15.6 Å². The molecule has 88 valence electrons. The molecule has 0 unspecified atom stereocenters. The van der Waals surface area contributed by atoms with Crippen molar-refractivity contribution in [3.63, 3.8) is 0 Å². The van der Waals surface area contributed by atoms with Gasteiger partial charge in [-0.15, -0.1) is 0 Å². The van der Waals surface area contributed by atoms with Crippen molar-refractivity contribution in [1.29, 1.82) is 0 Å². The van der Waals surface area contributed by atoms with Gasteiger partial charge in [0.1, 0.15) is 0 Å². The topological polar surface area (TPSA) is 136 Å². The Bertz CT molecular complexity index is 230. The van der Waals surface area contributed by atoms with Gasteiger partial charge >= 0.3 is 108 Å². The van der Waals surface area contributed by atoms with Gasteiger partial charge < -0.3 is 33.0 Å². The summed E-state index contributed by atoms with van der Waals surface area (Å²) in [6.45, 7) is 0. The predicted molar refractivity (Wildman–Crippen MR) is 38.0 cm³/mol. The van der Waals surface area contributed by atoms with Gasteiger partial charge in [0.25, 0.3) is 0 Å².